The SMILES string of the molecule is Cc1nc(C2CCCN2)nc2c1CCCN2Cc1ccccn1. The fraction of sp³-hybridized carbons (Fsp3) is 0.500. The normalized spacial score (nSPS) is 20.6. The lowest BCUT2D eigenvalue weighted by molar-refractivity contribution is 0.587. The van der Waals surface area contributed by atoms with E-state index in [0.29, 0.717) is 6.04 Å². The van der Waals surface area contributed by atoms with Crippen molar-refractivity contribution in [2.45, 2.75) is 45.2 Å². The fourth-order valence-electron chi connectivity index (χ4n) is 3.61. The molecule has 5 nitrogen and oxygen atoms in total. The standard InChI is InChI=1S/C18H23N5/c1-13-15-7-5-11-23(12-14-6-2-3-9-19-14)18(15)22-17(21-13)16-8-4-10-20-16/h2-3,6,9,16,20H,4-5,7-8,10-12H2,1H3. The quantitative estimate of drug-likeness (QED) is 0.944. The van der Waals surface area contributed by atoms with Crippen LogP contribution in [0.25, 0.3) is 0 Å². The van der Waals surface area contributed by atoms with Gasteiger partial charge in [-0.1, -0.05) is 6.07 Å². The summed E-state index contributed by atoms with van der Waals surface area (Å²) in [4.78, 5) is 16.6. The molecule has 0 saturated carbocycles. The third-order valence-electron chi connectivity index (χ3n) is 4.81. The van der Waals surface area contributed by atoms with Gasteiger partial charge in [-0.25, -0.2) is 9.97 Å². The second-order valence-corrected chi connectivity index (χ2v) is 6.46. The Balaban J connectivity index is 1.67. The number of anilines is 1. The molecular formula is C18H23N5. The van der Waals surface area contributed by atoms with Gasteiger partial charge in [0.05, 0.1) is 18.3 Å². The molecule has 2 aromatic rings. The van der Waals surface area contributed by atoms with Gasteiger partial charge in [-0.05, 0) is 51.3 Å². The first kappa shape index (κ1) is 14.6. The number of aromatic nitrogens is 3. The van der Waals surface area contributed by atoms with Crippen LogP contribution >= 0.6 is 0 Å². The van der Waals surface area contributed by atoms with Crippen molar-refractivity contribution in [3.05, 3.63) is 47.2 Å². The molecule has 0 bridgehead atoms. The topological polar surface area (TPSA) is 53.9 Å². The molecule has 0 aromatic carbocycles. The van der Waals surface area contributed by atoms with E-state index in [9.17, 15) is 0 Å². The van der Waals surface area contributed by atoms with Gasteiger partial charge < -0.3 is 10.2 Å². The number of hydrogen-bond acceptors (Lipinski definition) is 5. The number of hydrogen-bond donors (Lipinski definition) is 1. The first-order valence-electron chi connectivity index (χ1n) is 8.57. The van der Waals surface area contributed by atoms with Crippen molar-refractivity contribution in [2.75, 3.05) is 18.0 Å². The Labute approximate surface area is 137 Å². The Hall–Kier alpha value is -2.01. The van der Waals surface area contributed by atoms with Gasteiger partial charge in [0.1, 0.15) is 11.6 Å². The van der Waals surface area contributed by atoms with Crippen molar-refractivity contribution in [1.82, 2.24) is 20.3 Å². The van der Waals surface area contributed by atoms with E-state index < -0.39 is 0 Å². The molecule has 0 spiro atoms. The molecule has 0 amide bonds. The average Bonchev–Trinajstić information content (AvgIpc) is 3.11. The van der Waals surface area contributed by atoms with Crippen LogP contribution in [0.15, 0.2) is 24.4 Å². The molecule has 1 N–H and O–H groups in total. The van der Waals surface area contributed by atoms with Crippen LogP contribution in [-0.2, 0) is 13.0 Å². The van der Waals surface area contributed by atoms with Crippen molar-refractivity contribution in [3.8, 4) is 0 Å². The van der Waals surface area contributed by atoms with Crippen LogP contribution < -0.4 is 10.2 Å². The lowest BCUT2D eigenvalue weighted by Crippen LogP contribution is -2.32. The number of pyridine rings is 1. The first-order chi connectivity index (χ1) is 11.3. The highest BCUT2D eigenvalue weighted by atomic mass is 15.2. The zero-order valence-corrected chi connectivity index (χ0v) is 13.6. The monoisotopic (exact) mass is 309 g/mol. The molecule has 4 rings (SSSR count). The Kier molecular flexibility index (Phi) is 3.95. The van der Waals surface area contributed by atoms with E-state index in [-0.39, 0.29) is 0 Å². The Morgan fingerprint density at radius 1 is 1.26 bits per heavy atom. The Morgan fingerprint density at radius 2 is 2.22 bits per heavy atom. The molecule has 5 heteroatoms. The van der Waals surface area contributed by atoms with Crippen molar-refractivity contribution in [2.24, 2.45) is 0 Å². The fourth-order valence-corrected chi connectivity index (χ4v) is 3.61. The highest BCUT2D eigenvalue weighted by Crippen LogP contribution is 2.30. The number of aryl methyl sites for hydroxylation is 1. The zero-order chi connectivity index (χ0) is 15.6. The predicted octanol–water partition coefficient (Wildman–Crippen LogP) is 2.56. The summed E-state index contributed by atoms with van der Waals surface area (Å²) in [6, 6.07) is 6.41. The molecule has 1 saturated heterocycles. The van der Waals surface area contributed by atoms with Crippen LogP contribution in [0.4, 0.5) is 5.82 Å². The van der Waals surface area contributed by atoms with E-state index in [4.69, 9.17) is 9.97 Å². The molecule has 2 aliphatic rings. The molecule has 1 atom stereocenters. The van der Waals surface area contributed by atoms with E-state index in [1.54, 1.807) is 0 Å². The maximum absolute atomic E-state index is 4.96. The molecule has 1 unspecified atom stereocenters. The molecule has 2 aliphatic heterocycles. The number of nitrogens with one attached hydrogen (secondary N) is 1. The van der Waals surface area contributed by atoms with Crippen LogP contribution in [-0.4, -0.2) is 28.0 Å². The summed E-state index contributed by atoms with van der Waals surface area (Å²) in [6.07, 6.45) is 6.45. The Morgan fingerprint density at radius 3 is 3.00 bits per heavy atom. The van der Waals surface area contributed by atoms with Crippen LogP contribution in [0.1, 0.15) is 48.1 Å². The summed E-state index contributed by atoms with van der Waals surface area (Å²) in [5.41, 5.74) is 3.55. The zero-order valence-electron chi connectivity index (χ0n) is 13.6. The predicted molar refractivity (Wildman–Crippen MR) is 90.4 cm³/mol. The third kappa shape index (κ3) is 2.93. The van der Waals surface area contributed by atoms with E-state index in [1.807, 2.05) is 18.3 Å². The lowest BCUT2D eigenvalue weighted by Gasteiger charge is -2.31. The average molecular weight is 309 g/mol. The molecule has 0 radical (unpaired) electrons. The van der Waals surface area contributed by atoms with Gasteiger partial charge in [-0.15, -0.1) is 0 Å². The molecular weight excluding hydrogens is 286 g/mol. The van der Waals surface area contributed by atoms with Crippen molar-refractivity contribution in [3.63, 3.8) is 0 Å². The van der Waals surface area contributed by atoms with E-state index in [2.05, 4.69) is 28.2 Å². The maximum atomic E-state index is 4.96. The Bertz CT molecular complexity index is 679. The number of nitrogens with zero attached hydrogens (tertiary/aromatic N) is 4. The first-order valence-corrected chi connectivity index (χ1v) is 8.57. The molecule has 4 heterocycles. The summed E-state index contributed by atoms with van der Waals surface area (Å²) in [6.45, 7) is 5.06. The van der Waals surface area contributed by atoms with Gasteiger partial charge >= 0.3 is 0 Å². The van der Waals surface area contributed by atoms with E-state index in [0.717, 1.165) is 61.9 Å². The van der Waals surface area contributed by atoms with Crippen LogP contribution in [0.5, 0.6) is 0 Å². The van der Waals surface area contributed by atoms with Crippen molar-refractivity contribution in [1.29, 1.82) is 0 Å². The van der Waals surface area contributed by atoms with Gasteiger partial charge in [0.15, 0.2) is 0 Å². The van der Waals surface area contributed by atoms with Gasteiger partial charge in [0.25, 0.3) is 0 Å². The van der Waals surface area contributed by atoms with Crippen LogP contribution in [0.3, 0.4) is 0 Å². The second kappa shape index (κ2) is 6.24. The summed E-state index contributed by atoms with van der Waals surface area (Å²) >= 11 is 0. The minimum absolute atomic E-state index is 0.317. The van der Waals surface area contributed by atoms with Gasteiger partial charge in [0, 0.05) is 24.0 Å². The minimum Gasteiger partial charge on any atom is -0.350 e. The van der Waals surface area contributed by atoms with Gasteiger partial charge in [-0.2, -0.15) is 0 Å². The smallest absolute Gasteiger partial charge is 0.147 e. The summed E-state index contributed by atoms with van der Waals surface area (Å²) in [7, 11) is 0. The second-order valence-electron chi connectivity index (χ2n) is 6.46. The molecule has 1 fully saturated rings. The molecule has 120 valence electrons. The summed E-state index contributed by atoms with van der Waals surface area (Å²) < 4.78 is 0. The summed E-state index contributed by atoms with van der Waals surface area (Å²) in [5, 5.41) is 3.52. The van der Waals surface area contributed by atoms with Gasteiger partial charge in [0.2, 0.25) is 0 Å². The molecule has 23 heavy (non-hydrogen) atoms. The van der Waals surface area contributed by atoms with E-state index in [1.165, 1.54) is 12.0 Å². The largest absolute Gasteiger partial charge is 0.350 e. The van der Waals surface area contributed by atoms with Crippen LogP contribution in [0.2, 0.25) is 0 Å². The van der Waals surface area contributed by atoms with Gasteiger partial charge in [-0.3, -0.25) is 4.98 Å². The summed E-state index contributed by atoms with van der Waals surface area (Å²) in [5.74, 6) is 2.09. The van der Waals surface area contributed by atoms with E-state index >= 15 is 0 Å². The highest BCUT2D eigenvalue weighted by Gasteiger charge is 2.26. The van der Waals surface area contributed by atoms with Crippen molar-refractivity contribution >= 4 is 5.82 Å². The lowest BCUT2D eigenvalue weighted by atomic mass is 10.0. The number of rotatable bonds is 3. The van der Waals surface area contributed by atoms with Crippen LogP contribution in [0, 0.1) is 6.92 Å². The minimum atomic E-state index is 0.317. The van der Waals surface area contributed by atoms with Crippen molar-refractivity contribution < 1.29 is 0 Å². The number of fused-ring (bicyclic) bond motifs is 1. The maximum Gasteiger partial charge on any atom is 0.147 e. The molecule has 2 aromatic heterocycles. The molecule has 0 aliphatic carbocycles. The third-order valence-corrected chi connectivity index (χ3v) is 4.81. The highest BCUT2D eigenvalue weighted by molar-refractivity contribution is 5.51.